The molecule has 1 rings (SSSR count). The molecule has 0 aliphatic heterocycles. The van der Waals surface area contributed by atoms with E-state index in [1.807, 2.05) is 0 Å². The third kappa shape index (κ3) is 6.89. The van der Waals surface area contributed by atoms with E-state index in [0.717, 1.165) is 31.4 Å². The third-order valence-electron chi connectivity index (χ3n) is 2.90. The van der Waals surface area contributed by atoms with Crippen LogP contribution in [-0.2, 0) is 16.0 Å². The summed E-state index contributed by atoms with van der Waals surface area (Å²) in [6, 6.07) is 6.87. The minimum absolute atomic E-state index is 0.00851. The van der Waals surface area contributed by atoms with Crippen molar-refractivity contribution in [2.45, 2.75) is 38.5 Å². The molecule has 0 unspecified atom stereocenters. The Morgan fingerprint density at radius 1 is 1.05 bits per heavy atom. The molecule has 0 saturated heterocycles. The number of aliphatic carboxylic acids is 1. The Morgan fingerprint density at radius 2 is 1.75 bits per heavy atom. The van der Waals surface area contributed by atoms with Gasteiger partial charge in [-0.1, -0.05) is 12.1 Å². The molecule has 0 bridgehead atoms. The Bertz CT molecular complexity index is 428. The molecule has 0 atom stereocenters. The molecule has 0 aromatic heterocycles. The lowest BCUT2D eigenvalue weighted by Gasteiger charge is -2.06. The minimum atomic E-state index is -1.07. The average molecular weight is 279 g/mol. The first-order valence-electron chi connectivity index (χ1n) is 6.90. The molecule has 1 aromatic carbocycles. The van der Waals surface area contributed by atoms with Crippen molar-refractivity contribution in [3.05, 3.63) is 29.8 Å². The third-order valence-corrected chi connectivity index (χ3v) is 2.90. The fourth-order valence-corrected chi connectivity index (χ4v) is 1.78. The number of carboxylic acid groups (broad SMARTS) is 1. The maximum Gasteiger partial charge on any atom is 0.311 e. The van der Waals surface area contributed by atoms with Gasteiger partial charge in [0.2, 0.25) is 0 Å². The maximum absolute atomic E-state index is 11.6. The van der Waals surface area contributed by atoms with E-state index in [1.54, 1.807) is 24.3 Å². The molecule has 0 aliphatic rings. The van der Waals surface area contributed by atoms with Crippen molar-refractivity contribution in [2.24, 2.45) is 0 Å². The molecule has 3 N–H and O–H groups in total. The highest BCUT2D eigenvalue weighted by atomic mass is 16.5. The predicted molar refractivity (Wildman–Crippen MR) is 71.6 cm³/mol. The van der Waals surface area contributed by atoms with E-state index < -0.39 is 5.97 Å². The number of carbonyl (C=O) groups excluding carboxylic acids is 2. The Hall–Kier alpha value is -1.88. The van der Waals surface area contributed by atoms with E-state index in [2.05, 4.69) is 5.73 Å². The van der Waals surface area contributed by atoms with Crippen molar-refractivity contribution < 1.29 is 25.2 Å². The smallest absolute Gasteiger partial charge is 0.311 e. The van der Waals surface area contributed by atoms with Crippen molar-refractivity contribution in [3.8, 4) is 5.75 Å². The van der Waals surface area contributed by atoms with E-state index in [4.69, 9.17) is 4.74 Å². The van der Waals surface area contributed by atoms with Gasteiger partial charge in [0.15, 0.2) is 0 Å². The second-order valence-corrected chi connectivity index (χ2v) is 4.65. The molecule has 0 spiro atoms. The van der Waals surface area contributed by atoms with E-state index in [9.17, 15) is 14.7 Å². The van der Waals surface area contributed by atoms with Gasteiger partial charge in [-0.15, -0.1) is 0 Å². The largest absolute Gasteiger partial charge is 0.550 e. The minimum Gasteiger partial charge on any atom is -0.550 e. The molecule has 20 heavy (non-hydrogen) atoms. The molecule has 0 saturated carbocycles. The van der Waals surface area contributed by atoms with Crippen LogP contribution in [-0.4, -0.2) is 18.5 Å². The zero-order valence-corrected chi connectivity index (χ0v) is 11.6. The number of hydrogen-bond donors (Lipinski definition) is 1. The van der Waals surface area contributed by atoms with Gasteiger partial charge in [-0.25, -0.2) is 0 Å². The normalized spacial score (nSPS) is 10.2. The summed E-state index contributed by atoms with van der Waals surface area (Å²) in [6.45, 7) is 0.891. The van der Waals surface area contributed by atoms with Crippen molar-refractivity contribution in [3.63, 3.8) is 0 Å². The quantitative estimate of drug-likeness (QED) is 0.393. The standard InChI is InChI=1S/C15H21NO4/c16-11-3-1-2-4-15(19)20-13-8-5-12(6-9-13)7-10-14(17)18/h5-6,8-9H,1-4,7,10-11,16H2,(H,17,18). The first kappa shape index (κ1) is 16.2. The van der Waals surface area contributed by atoms with Crippen molar-refractivity contribution in [1.29, 1.82) is 0 Å². The summed E-state index contributed by atoms with van der Waals surface area (Å²) in [7, 11) is 0. The molecule has 5 nitrogen and oxygen atoms in total. The number of unbranched alkanes of at least 4 members (excludes halogenated alkanes) is 2. The number of carbonyl (C=O) groups is 2. The van der Waals surface area contributed by atoms with Crippen LogP contribution < -0.4 is 15.6 Å². The summed E-state index contributed by atoms with van der Waals surface area (Å²) in [5, 5.41) is 10.3. The number of carboxylic acids is 1. The second kappa shape index (κ2) is 9.09. The zero-order chi connectivity index (χ0) is 14.8. The van der Waals surface area contributed by atoms with Gasteiger partial charge >= 0.3 is 5.97 Å². The molecule has 110 valence electrons. The molecular formula is C15H21NO4. The number of quaternary nitrogens is 1. The van der Waals surface area contributed by atoms with Crippen LogP contribution in [0, 0.1) is 0 Å². The van der Waals surface area contributed by atoms with Crippen molar-refractivity contribution in [1.82, 2.24) is 0 Å². The summed E-state index contributed by atoms with van der Waals surface area (Å²) in [5.74, 6) is -0.816. The van der Waals surface area contributed by atoms with E-state index in [-0.39, 0.29) is 12.4 Å². The Labute approximate surface area is 118 Å². The molecule has 0 radical (unpaired) electrons. The van der Waals surface area contributed by atoms with Crippen LogP contribution in [0.4, 0.5) is 0 Å². The van der Waals surface area contributed by atoms with Crippen molar-refractivity contribution in [2.75, 3.05) is 6.54 Å². The van der Waals surface area contributed by atoms with Gasteiger partial charge in [0, 0.05) is 12.4 Å². The summed E-state index contributed by atoms with van der Waals surface area (Å²) in [6.07, 6.45) is 3.65. The van der Waals surface area contributed by atoms with Crippen LogP contribution in [0.5, 0.6) is 5.75 Å². The Morgan fingerprint density at radius 3 is 2.35 bits per heavy atom. The monoisotopic (exact) mass is 279 g/mol. The average Bonchev–Trinajstić information content (AvgIpc) is 2.43. The first-order valence-corrected chi connectivity index (χ1v) is 6.90. The van der Waals surface area contributed by atoms with Gasteiger partial charge in [0.1, 0.15) is 5.75 Å². The van der Waals surface area contributed by atoms with Crippen LogP contribution >= 0.6 is 0 Å². The SMILES string of the molecule is [NH3+]CCCCCC(=O)Oc1ccc(CCC(=O)[O-])cc1. The Balaban J connectivity index is 2.33. The highest BCUT2D eigenvalue weighted by Gasteiger charge is 2.04. The maximum atomic E-state index is 11.6. The van der Waals surface area contributed by atoms with E-state index >= 15 is 0 Å². The van der Waals surface area contributed by atoms with Crippen molar-refractivity contribution >= 4 is 11.9 Å². The zero-order valence-electron chi connectivity index (χ0n) is 11.6. The molecular weight excluding hydrogens is 258 g/mol. The predicted octanol–water partition coefficient (Wildman–Crippen LogP) is 0.0768. The highest BCUT2D eigenvalue weighted by molar-refractivity contribution is 5.72. The topological polar surface area (TPSA) is 94.1 Å². The van der Waals surface area contributed by atoms with Gasteiger partial charge in [-0.2, -0.15) is 0 Å². The number of esters is 1. The van der Waals surface area contributed by atoms with Crippen LogP contribution in [0.1, 0.15) is 37.7 Å². The number of aryl methyl sites for hydroxylation is 1. The number of ether oxygens (including phenoxy) is 1. The summed E-state index contributed by atoms with van der Waals surface area (Å²) in [4.78, 5) is 21.9. The molecule has 0 aliphatic carbocycles. The summed E-state index contributed by atoms with van der Waals surface area (Å²) in [5.41, 5.74) is 4.63. The lowest BCUT2D eigenvalue weighted by molar-refractivity contribution is -0.368. The Kier molecular flexibility index (Phi) is 7.35. The molecule has 0 amide bonds. The van der Waals surface area contributed by atoms with Gasteiger partial charge in [0.25, 0.3) is 0 Å². The van der Waals surface area contributed by atoms with E-state index in [1.165, 1.54) is 0 Å². The summed E-state index contributed by atoms with van der Waals surface area (Å²) >= 11 is 0. The van der Waals surface area contributed by atoms with E-state index in [0.29, 0.717) is 18.6 Å². The number of hydrogen-bond acceptors (Lipinski definition) is 4. The van der Waals surface area contributed by atoms with Gasteiger partial charge in [-0.05, 0) is 49.8 Å². The van der Waals surface area contributed by atoms with Crippen LogP contribution in [0.15, 0.2) is 24.3 Å². The van der Waals surface area contributed by atoms with Gasteiger partial charge in [-0.3, -0.25) is 4.79 Å². The number of benzene rings is 1. The fraction of sp³-hybridized carbons (Fsp3) is 0.467. The molecule has 0 fully saturated rings. The van der Waals surface area contributed by atoms with Gasteiger partial charge < -0.3 is 20.4 Å². The lowest BCUT2D eigenvalue weighted by atomic mass is 10.1. The second-order valence-electron chi connectivity index (χ2n) is 4.65. The number of rotatable bonds is 9. The van der Waals surface area contributed by atoms with Gasteiger partial charge in [0.05, 0.1) is 6.54 Å². The lowest BCUT2D eigenvalue weighted by Crippen LogP contribution is -2.50. The fourth-order valence-electron chi connectivity index (χ4n) is 1.78. The molecule has 5 heteroatoms. The van der Waals surface area contributed by atoms with Crippen LogP contribution in [0.25, 0.3) is 0 Å². The molecule has 1 aromatic rings. The molecule has 0 heterocycles. The summed E-state index contributed by atoms with van der Waals surface area (Å²) < 4.78 is 5.19. The van der Waals surface area contributed by atoms with Crippen LogP contribution in [0.2, 0.25) is 0 Å². The highest BCUT2D eigenvalue weighted by Crippen LogP contribution is 2.14. The van der Waals surface area contributed by atoms with Crippen LogP contribution in [0.3, 0.4) is 0 Å². The first-order chi connectivity index (χ1) is 9.61.